The third kappa shape index (κ3) is 6.06. The molecule has 2 amide bonds. The Morgan fingerprint density at radius 1 is 0.943 bits per heavy atom. The molecule has 0 spiro atoms. The van der Waals surface area contributed by atoms with Crippen molar-refractivity contribution in [2.75, 3.05) is 16.4 Å². The number of carboxylic acids is 1. The summed E-state index contributed by atoms with van der Waals surface area (Å²) < 4.78 is 1.59. The normalized spacial score (nSPS) is 10.9. The van der Waals surface area contributed by atoms with Gasteiger partial charge in [-0.2, -0.15) is 0 Å². The van der Waals surface area contributed by atoms with Gasteiger partial charge in [-0.05, 0) is 53.9 Å². The molecule has 0 fully saturated rings. The van der Waals surface area contributed by atoms with E-state index in [1.54, 1.807) is 30.3 Å². The Labute approximate surface area is 210 Å². The Hall–Kier alpha value is -3.69. The molecule has 0 atom stereocenters. The zero-order valence-corrected chi connectivity index (χ0v) is 20.7. The summed E-state index contributed by atoms with van der Waals surface area (Å²) in [5.41, 5.74) is 3.29. The predicted octanol–water partition coefficient (Wildman–Crippen LogP) is 6.10. The first-order chi connectivity index (χ1) is 16.8. The van der Waals surface area contributed by atoms with Crippen molar-refractivity contribution in [2.45, 2.75) is 24.1 Å². The quantitative estimate of drug-likeness (QED) is 0.250. The number of nitrogens with one attached hydrogen (secondary N) is 2. The minimum absolute atomic E-state index is 0.0586. The molecule has 0 radical (unpaired) electrons. The van der Waals surface area contributed by atoms with Crippen LogP contribution in [0.1, 0.15) is 46.0 Å². The molecule has 178 valence electrons. The summed E-state index contributed by atoms with van der Waals surface area (Å²) >= 11 is 2.77. The molecule has 9 heteroatoms. The summed E-state index contributed by atoms with van der Waals surface area (Å²) in [7, 11) is 0. The number of carbonyl (C=O) groups is 3. The van der Waals surface area contributed by atoms with E-state index in [0.29, 0.717) is 11.6 Å². The average molecular weight is 506 g/mol. The van der Waals surface area contributed by atoms with E-state index in [-0.39, 0.29) is 22.8 Å². The molecule has 3 N–H and O–H groups in total. The fraction of sp³-hybridized carbons (Fsp3) is 0.154. The van der Waals surface area contributed by atoms with Crippen molar-refractivity contribution in [2.24, 2.45) is 0 Å². The minimum atomic E-state index is -1.16. The first-order valence-electron chi connectivity index (χ1n) is 10.9. The number of thiazole rings is 1. The summed E-state index contributed by atoms with van der Waals surface area (Å²) in [6.07, 6.45) is 0. The number of carboxylic acid groups (broad SMARTS) is 1. The van der Waals surface area contributed by atoms with Crippen LogP contribution in [0, 0.1) is 0 Å². The van der Waals surface area contributed by atoms with E-state index in [2.05, 4.69) is 29.5 Å². The van der Waals surface area contributed by atoms with E-state index in [0.717, 1.165) is 20.2 Å². The Morgan fingerprint density at radius 2 is 1.63 bits per heavy atom. The van der Waals surface area contributed by atoms with Crippen molar-refractivity contribution in [3.8, 4) is 0 Å². The average Bonchev–Trinajstić information content (AvgIpc) is 3.25. The second-order valence-electron chi connectivity index (χ2n) is 8.08. The molecule has 35 heavy (non-hydrogen) atoms. The van der Waals surface area contributed by atoms with Crippen LogP contribution in [0.15, 0.2) is 71.1 Å². The molecule has 4 aromatic rings. The monoisotopic (exact) mass is 505 g/mol. The maximum Gasteiger partial charge on any atom is 0.336 e. The van der Waals surface area contributed by atoms with E-state index in [9.17, 15) is 19.5 Å². The van der Waals surface area contributed by atoms with Gasteiger partial charge in [0.05, 0.1) is 27.1 Å². The fourth-order valence-corrected chi connectivity index (χ4v) is 5.29. The van der Waals surface area contributed by atoms with E-state index < -0.39 is 11.9 Å². The molecule has 0 saturated carbocycles. The van der Waals surface area contributed by atoms with Gasteiger partial charge >= 0.3 is 5.97 Å². The summed E-state index contributed by atoms with van der Waals surface area (Å²) in [5, 5.41) is 15.0. The zero-order chi connectivity index (χ0) is 24.9. The van der Waals surface area contributed by atoms with Gasteiger partial charge in [0.15, 0.2) is 4.34 Å². The molecule has 0 saturated heterocycles. The lowest BCUT2D eigenvalue weighted by Crippen LogP contribution is -2.16. The van der Waals surface area contributed by atoms with Gasteiger partial charge in [0, 0.05) is 11.4 Å². The van der Waals surface area contributed by atoms with E-state index >= 15 is 0 Å². The molecular formula is C26H23N3O4S2. The maximum absolute atomic E-state index is 12.6. The highest BCUT2D eigenvalue weighted by atomic mass is 32.2. The van der Waals surface area contributed by atoms with Gasteiger partial charge in [0.2, 0.25) is 5.91 Å². The number of anilines is 2. The SMILES string of the molecule is CC(C)c1ccc(NC(=O)CSc2nc3ccc(NC(=O)c4ccccc4C(=O)O)cc3s2)cc1. The lowest BCUT2D eigenvalue weighted by Gasteiger charge is -2.08. The number of fused-ring (bicyclic) bond motifs is 1. The Kier molecular flexibility index (Phi) is 7.48. The van der Waals surface area contributed by atoms with Crippen LogP contribution in [0.5, 0.6) is 0 Å². The van der Waals surface area contributed by atoms with Crippen LogP contribution in [0.3, 0.4) is 0 Å². The first-order valence-corrected chi connectivity index (χ1v) is 12.7. The van der Waals surface area contributed by atoms with Crippen LogP contribution in [0.4, 0.5) is 11.4 Å². The van der Waals surface area contributed by atoms with Crippen LogP contribution in [0.2, 0.25) is 0 Å². The second-order valence-corrected chi connectivity index (χ2v) is 10.3. The van der Waals surface area contributed by atoms with E-state index in [1.807, 2.05) is 24.3 Å². The first kappa shape index (κ1) is 24.4. The van der Waals surface area contributed by atoms with Crippen LogP contribution in [-0.2, 0) is 4.79 Å². The molecule has 0 aliphatic rings. The number of thioether (sulfide) groups is 1. The standard InChI is InChI=1S/C26H23N3O4S2/c1-15(2)16-7-9-17(10-8-16)27-23(30)14-34-26-29-21-12-11-18(13-22(21)35-26)28-24(31)19-5-3-4-6-20(19)25(32)33/h3-13,15H,14H2,1-2H3,(H,27,30)(H,28,31)(H,32,33). The largest absolute Gasteiger partial charge is 0.478 e. The number of hydrogen-bond donors (Lipinski definition) is 3. The van der Waals surface area contributed by atoms with Crippen LogP contribution in [-0.4, -0.2) is 33.6 Å². The summed E-state index contributed by atoms with van der Waals surface area (Å²) in [6, 6.07) is 19.2. The molecular weight excluding hydrogens is 482 g/mol. The van der Waals surface area contributed by atoms with Gasteiger partial charge in [-0.1, -0.05) is 49.9 Å². The lowest BCUT2D eigenvalue weighted by atomic mass is 10.0. The third-order valence-electron chi connectivity index (χ3n) is 5.22. The van der Waals surface area contributed by atoms with Crippen LogP contribution >= 0.6 is 23.1 Å². The molecule has 0 aliphatic heterocycles. The number of aromatic carboxylic acids is 1. The van der Waals surface area contributed by atoms with Gasteiger partial charge in [-0.15, -0.1) is 11.3 Å². The molecule has 0 unspecified atom stereocenters. The number of hydrogen-bond acceptors (Lipinski definition) is 6. The molecule has 4 rings (SSSR count). The smallest absolute Gasteiger partial charge is 0.336 e. The van der Waals surface area contributed by atoms with Crippen molar-refractivity contribution in [3.05, 3.63) is 83.4 Å². The summed E-state index contributed by atoms with van der Waals surface area (Å²) in [4.78, 5) is 40.9. The number of benzene rings is 3. The van der Waals surface area contributed by atoms with E-state index in [4.69, 9.17) is 0 Å². The van der Waals surface area contributed by atoms with Crippen molar-refractivity contribution >= 4 is 62.5 Å². The molecule has 0 aliphatic carbocycles. The van der Waals surface area contributed by atoms with Crippen molar-refractivity contribution in [1.82, 2.24) is 4.98 Å². The summed E-state index contributed by atoms with van der Waals surface area (Å²) in [6.45, 7) is 4.25. The van der Waals surface area contributed by atoms with Crippen molar-refractivity contribution in [1.29, 1.82) is 0 Å². The number of carbonyl (C=O) groups excluding carboxylic acids is 2. The van der Waals surface area contributed by atoms with Crippen molar-refractivity contribution in [3.63, 3.8) is 0 Å². The van der Waals surface area contributed by atoms with Gasteiger partial charge in [0.1, 0.15) is 0 Å². The third-order valence-corrected chi connectivity index (χ3v) is 7.38. The Balaban J connectivity index is 1.38. The fourth-order valence-electron chi connectivity index (χ4n) is 3.38. The topological polar surface area (TPSA) is 108 Å². The maximum atomic E-state index is 12.6. The Morgan fingerprint density at radius 3 is 2.31 bits per heavy atom. The molecule has 7 nitrogen and oxygen atoms in total. The lowest BCUT2D eigenvalue weighted by molar-refractivity contribution is -0.113. The zero-order valence-electron chi connectivity index (χ0n) is 19.1. The number of aromatic nitrogens is 1. The number of rotatable bonds is 8. The van der Waals surface area contributed by atoms with Crippen molar-refractivity contribution < 1.29 is 19.5 Å². The van der Waals surface area contributed by atoms with Gasteiger partial charge in [-0.3, -0.25) is 9.59 Å². The highest BCUT2D eigenvalue weighted by Crippen LogP contribution is 2.31. The van der Waals surface area contributed by atoms with Gasteiger partial charge < -0.3 is 15.7 Å². The number of amides is 2. The van der Waals surface area contributed by atoms with E-state index in [1.165, 1.54) is 40.8 Å². The summed E-state index contributed by atoms with van der Waals surface area (Å²) in [5.74, 6) is -1.12. The minimum Gasteiger partial charge on any atom is -0.478 e. The second kappa shape index (κ2) is 10.7. The number of nitrogens with zero attached hydrogens (tertiary/aromatic N) is 1. The highest BCUT2D eigenvalue weighted by Gasteiger charge is 2.16. The molecule has 1 aromatic heterocycles. The predicted molar refractivity (Wildman–Crippen MR) is 141 cm³/mol. The molecule has 3 aromatic carbocycles. The van der Waals surface area contributed by atoms with Gasteiger partial charge in [0.25, 0.3) is 5.91 Å². The highest BCUT2D eigenvalue weighted by molar-refractivity contribution is 8.01. The van der Waals surface area contributed by atoms with Gasteiger partial charge in [-0.25, -0.2) is 9.78 Å². The molecule has 1 heterocycles. The molecule has 0 bridgehead atoms. The Bertz CT molecular complexity index is 1400. The van der Waals surface area contributed by atoms with Crippen LogP contribution < -0.4 is 10.6 Å². The van der Waals surface area contributed by atoms with Crippen LogP contribution in [0.25, 0.3) is 10.2 Å².